The standard InChI is InChI=1S/C22H36GeO3/c1-8-25-21(24)22(19-12-10-9-11-13-19)14-20(15-26-22)23(16(2)3,17(4)5)18(6)7/h9-13,16-18,20H,8,14-15H2,1-7H3/t20-,22+/m0/s1. The topological polar surface area (TPSA) is 35.5 Å². The third-order valence-electron chi connectivity index (χ3n) is 6.62. The number of carbonyl (C=O) groups is 1. The monoisotopic (exact) mass is 422 g/mol. The van der Waals surface area contributed by atoms with Crippen molar-refractivity contribution in [3.63, 3.8) is 0 Å². The molecule has 4 heteroatoms. The van der Waals surface area contributed by atoms with E-state index in [-0.39, 0.29) is 5.97 Å². The molecule has 1 heterocycles. The van der Waals surface area contributed by atoms with Gasteiger partial charge in [-0.25, -0.2) is 0 Å². The maximum atomic E-state index is 13.0. The molecule has 0 saturated carbocycles. The third-order valence-corrected chi connectivity index (χ3v) is 23.0. The van der Waals surface area contributed by atoms with Crippen LogP contribution in [-0.4, -0.2) is 32.4 Å². The molecular weight excluding hydrogens is 385 g/mol. The van der Waals surface area contributed by atoms with Crippen LogP contribution >= 0.6 is 0 Å². The van der Waals surface area contributed by atoms with Crippen molar-refractivity contribution in [2.45, 2.75) is 79.5 Å². The van der Waals surface area contributed by atoms with Crippen molar-refractivity contribution in [1.82, 2.24) is 0 Å². The average molecular weight is 421 g/mol. The quantitative estimate of drug-likeness (QED) is 0.406. The molecule has 0 spiro atoms. The maximum absolute atomic E-state index is 13.0. The van der Waals surface area contributed by atoms with E-state index in [9.17, 15) is 4.79 Å². The molecule has 26 heavy (non-hydrogen) atoms. The SMILES string of the molecule is CCOC(=O)[C@]1(c2ccccc2)C[C@H]([Ge]([CH](C)C)([CH](C)C)[CH](C)C)CO1. The molecule has 0 radical (unpaired) electrons. The summed E-state index contributed by atoms with van der Waals surface area (Å²) < 4.78 is 14.4. The Kier molecular flexibility index (Phi) is 7.00. The van der Waals surface area contributed by atoms with Gasteiger partial charge in [-0.3, -0.25) is 0 Å². The second-order valence-corrected chi connectivity index (χ2v) is 21.8. The molecule has 1 aliphatic heterocycles. The van der Waals surface area contributed by atoms with Crippen LogP contribution in [0.15, 0.2) is 30.3 Å². The third kappa shape index (κ3) is 3.49. The van der Waals surface area contributed by atoms with E-state index < -0.39 is 18.9 Å². The van der Waals surface area contributed by atoms with E-state index in [4.69, 9.17) is 9.47 Å². The molecule has 0 unspecified atom stereocenters. The first-order chi connectivity index (χ1) is 12.2. The first-order valence-corrected chi connectivity index (χ1v) is 14.9. The van der Waals surface area contributed by atoms with Crippen LogP contribution in [0, 0.1) is 0 Å². The Bertz CT molecular complexity index is 575. The molecule has 0 aromatic heterocycles. The van der Waals surface area contributed by atoms with Gasteiger partial charge in [-0.05, 0) is 0 Å². The number of hydrogen-bond donors (Lipinski definition) is 0. The molecule has 2 rings (SSSR count). The van der Waals surface area contributed by atoms with E-state index in [0.717, 1.165) is 12.0 Å². The summed E-state index contributed by atoms with van der Waals surface area (Å²) in [7, 11) is 0. The molecule has 0 N–H and O–H groups in total. The molecule has 3 nitrogen and oxygen atoms in total. The molecule has 1 aliphatic rings. The Labute approximate surface area is 162 Å². The summed E-state index contributed by atoms with van der Waals surface area (Å²) in [6.07, 6.45) is 0.768. The van der Waals surface area contributed by atoms with Gasteiger partial charge < -0.3 is 0 Å². The van der Waals surface area contributed by atoms with Gasteiger partial charge in [0.2, 0.25) is 0 Å². The number of esters is 1. The summed E-state index contributed by atoms with van der Waals surface area (Å²) in [4.78, 5) is 13.0. The minimum absolute atomic E-state index is 0.221. The summed E-state index contributed by atoms with van der Waals surface area (Å²) in [6, 6.07) is 9.96. The van der Waals surface area contributed by atoms with Crippen LogP contribution in [0.1, 0.15) is 60.5 Å². The zero-order chi connectivity index (χ0) is 19.5. The fourth-order valence-corrected chi connectivity index (χ4v) is 22.3. The Morgan fingerprint density at radius 1 is 1.12 bits per heavy atom. The van der Waals surface area contributed by atoms with Gasteiger partial charge in [0.25, 0.3) is 0 Å². The molecule has 1 fully saturated rings. The normalized spacial score (nSPS) is 23.8. The Morgan fingerprint density at radius 3 is 2.12 bits per heavy atom. The van der Waals surface area contributed by atoms with Crippen molar-refractivity contribution in [2.75, 3.05) is 13.2 Å². The van der Waals surface area contributed by atoms with Gasteiger partial charge in [0.15, 0.2) is 0 Å². The predicted octanol–water partition coefficient (Wildman–Crippen LogP) is 5.91. The molecule has 1 aromatic rings. The molecule has 0 aliphatic carbocycles. The Balaban J connectivity index is 2.49. The van der Waals surface area contributed by atoms with Crippen molar-refractivity contribution in [2.24, 2.45) is 0 Å². The molecule has 146 valence electrons. The molecule has 2 atom stereocenters. The van der Waals surface area contributed by atoms with Gasteiger partial charge >= 0.3 is 162 Å². The predicted molar refractivity (Wildman–Crippen MR) is 110 cm³/mol. The second-order valence-electron chi connectivity index (χ2n) is 8.59. The van der Waals surface area contributed by atoms with E-state index >= 15 is 0 Å². The van der Waals surface area contributed by atoms with E-state index in [1.807, 2.05) is 37.3 Å². The van der Waals surface area contributed by atoms with Crippen LogP contribution < -0.4 is 0 Å². The Hall–Kier alpha value is -0.807. The van der Waals surface area contributed by atoms with Crippen LogP contribution in [0.3, 0.4) is 0 Å². The second kappa shape index (κ2) is 8.47. The zero-order valence-electron chi connectivity index (χ0n) is 17.5. The van der Waals surface area contributed by atoms with Crippen molar-refractivity contribution in [3.05, 3.63) is 35.9 Å². The first-order valence-electron chi connectivity index (χ1n) is 10.1. The van der Waals surface area contributed by atoms with Crippen molar-refractivity contribution in [3.8, 4) is 0 Å². The van der Waals surface area contributed by atoms with Crippen LogP contribution in [0.25, 0.3) is 0 Å². The molecule has 0 bridgehead atoms. The van der Waals surface area contributed by atoms with Crippen LogP contribution in [0.2, 0.25) is 19.0 Å². The fourth-order valence-electron chi connectivity index (χ4n) is 5.86. The summed E-state index contributed by atoms with van der Waals surface area (Å²) in [5, 5.41) is 0. The van der Waals surface area contributed by atoms with Crippen molar-refractivity contribution >= 4 is 19.2 Å². The summed E-state index contributed by atoms with van der Waals surface area (Å²) >= 11 is -2.36. The van der Waals surface area contributed by atoms with Crippen LogP contribution in [0.4, 0.5) is 0 Å². The van der Waals surface area contributed by atoms with E-state index in [1.165, 1.54) is 0 Å². The summed E-state index contributed by atoms with van der Waals surface area (Å²) in [5.41, 5.74) is 0.00502. The van der Waals surface area contributed by atoms with Gasteiger partial charge in [-0.15, -0.1) is 0 Å². The van der Waals surface area contributed by atoms with Crippen LogP contribution in [-0.2, 0) is 19.9 Å². The van der Waals surface area contributed by atoms with E-state index in [1.54, 1.807) is 0 Å². The summed E-state index contributed by atoms with van der Waals surface area (Å²) in [5.74, 6) is -0.221. The first kappa shape index (κ1) is 21.5. The van der Waals surface area contributed by atoms with Crippen molar-refractivity contribution < 1.29 is 14.3 Å². The van der Waals surface area contributed by atoms with Gasteiger partial charge in [0.05, 0.1) is 0 Å². The number of ether oxygens (including phenoxy) is 2. The number of rotatable bonds is 7. The number of carbonyl (C=O) groups excluding carboxylic acids is 1. The van der Waals surface area contributed by atoms with Gasteiger partial charge in [0, 0.05) is 0 Å². The van der Waals surface area contributed by atoms with Gasteiger partial charge in [0.1, 0.15) is 0 Å². The van der Waals surface area contributed by atoms with Gasteiger partial charge in [-0.2, -0.15) is 0 Å². The fraction of sp³-hybridized carbons (Fsp3) is 0.682. The van der Waals surface area contributed by atoms with E-state index in [0.29, 0.717) is 32.2 Å². The average Bonchev–Trinajstić information content (AvgIpc) is 3.02. The van der Waals surface area contributed by atoms with Crippen LogP contribution in [0.5, 0.6) is 0 Å². The molecule has 1 aromatic carbocycles. The van der Waals surface area contributed by atoms with E-state index in [2.05, 4.69) is 41.5 Å². The molecule has 0 amide bonds. The van der Waals surface area contributed by atoms with Crippen molar-refractivity contribution in [1.29, 1.82) is 0 Å². The molecule has 1 saturated heterocycles. The van der Waals surface area contributed by atoms with Gasteiger partial charge in [-0.1, -0.05) is 0 Å². The zero-order valence-corrected chi connectivity index (χ0v) is 19.6. The molecular formula is C22H36GeO3. The number of benzene rings is 1. The minimum atomic E-state index is -2.36. The summed E-state index contributed by atoms with van der Waals surface area (Å²) in [6.45, 7) is 17.3. The Morgan fingerprint density at radius 2 is 1.65 bits per heavy atom. The number of hydrogen-bond acceptors (Lipinski definition) is 3.